The van der Waals surface area contributed by atoms with Gasteiger partial charge >= 0.3 is 0 Å². The molecule has 0 aromatic carbocycles. The number of anilines is 1. The van der Waals surface area contributed by atoms with Gasteiger partial charge in [-0.15, -0.1) is 0 Å². The molecule has 1 aromatic rings. The van der Waals surface area contributed by atoms with Crippen LogP contribution in [0, 0.1) is 12.8 Å². The number of nitrogens with two attached hydrogens (primary N) is 1. The minimum absolute atomic E-state index is 0.463. The molecule has 2 rings (SSSR count). The summed E-state index contributed by atoms with van der Waals surface area (Å²) in [4.78, 5) is 8.25. The molecule has 1 aliphatic rings. The molecule has 3 N–H and O–H groups in total. The fraction of sp³-hybridized carbons (Fsp3) is 0.600. The van der Waals surface area contributed by atoms with Crippen LogP contribution >= 0.6 is 0 Å². The second-order valence-corrected chi connectivity index (χ2v) is 3.82. The quantitative estimate of drug-likeness (QED) is 0.572. The smallest absolute Gasteiger partial charge is 0.218 e. The number of aryl methyl sites for hydroxylation is 1. The summed E-state index contributed by atoms with van der Waals surface area (Å²) in [6.45, 7) is 4.02. The maximum Gasteiger partial charge on any atom is 0.218 e. The predicted molar refractivity (Wildman–Crippen MR) is 59.0 cm³/mol. The van der Waals surface area contributed by atoms with Crippen LogP contribution in [0.25, 0.3) is 0 Å². The van der Waals surface area contributed by atoms with Crippen molar-refractivity contribution in [1.82, 2.24) is 9.97 Å². The minimum atomic E-state index is 0.463. The van der Waals surface area contributed by atoms with E-state index in [-0.39, 0.29) is 0 Å². The summed E-state index contributed by atoms with van der Waals surface area (Å²) < 4.78 is 10.9. The summed E-state index contributed by atoms with van der Waals surface area (Å²) >= 11 is 0. The van der Waals surface area contributed by atoms with E-state index in [2.05, 4.69) is 15.4 Å². The van der Waals surface area contributed by atoms with E-state index in [1.807, 2.05) is 0 Å². The van der Waals surface area contributed by atoms with E-state index in [4.69, 9.17) is 15.3 Å². The van der Waals surface area contributed by atoms with Crippen LogP contribution in [0.15, 0.2) is 6.07 Å². The molecule has 6 nitrogen and oxygen atoms in total. The molecule has 1 saturated heterocycles. The fourth-order valence-electron chi connectivity index (χ4n) is 1.61. The Morgan fingerprint density at radius 2 is 2.50 bits per heavy atom. The van der Waals surface area contributed by atoms with E-state index in [0.29, 0.717) is 30.0 Å². The number of hydrogen-bond acceptors (Lipinski definition) is 6. The highest BCUT2D eigenvalue weighted by atomic mass is 16.5. The number of hydrazine groups is 1. The summed E-state index contributed by atoms with van der Waals surface area (Å²) in [6.07, 6.45) is 1.05. The summed E-state index contributed by atoms with van der Waals surface area (Å²) in [5, 5.41) is 0. The van der Waals surface area contributed by atoms with Crippen molar-refractivity contribution in [3.05, 3.63) is 11.9 Å². The highest BCUT2D eigenvalue weighted by Crippen LogP contribution is 2.16. The Hall–Kier alpha value is -1.40. The SMILES string of the molecule is Cc1nc(NN)cc(OCC2CCOC2)n1. The van der Waals surface area contributed by atoms with Gasteiger partial charge in [-0.2, -0.15) is 4.98 Å². The molecule has 1 atom stereocenters. The van der Waals surface area contributed by atoms with Crippen molar-refractivity contribution >= 4 is 5.82 Å². The van der Waals surface area contributed by atoms with Crippen molar-refractivity contribution < 1.29 is 9.47 Å². The lowest BCUT2D eigenvalue weighted by Crippen LogP contribution is -2.14. The fourth-order valence-corrected chi connectivity index (χ4v) is 1.61. The normalized spacial score (nSPS) is 19.8. The monoisotopic (exact) mass is 224 g/mol. The molecule has 1 aromatic heterocycles. The van der Waals surface area contributed by atoms with Gasteiger partial charge in [0.15, 0.2) is 0 Å². The van der Waals surface area contributed by atoms with E-state index in [0.717, 1.165) is 19.6 Å². The van der Waals surface area contributed by atoms with Crippen LogP contribution in [0.1, 0.15) is 12.2 Å². The third-order valence-electron chi connectivity index (χ3n) is 2.45. The molecule has 0 saturated carbocycles. The van der Waals surface area contributed by atoms with Crippen molar-refractivity contribution in [3.63, 3.8) is 0 Å². The maximum absolute atomic E-state index is 5.59. The molecule has 1 unspecified atom stereocenters. The summed E-state index contributed by atoms with van der Waals surface area (Å²) in [6, 6.07) is 1.68. The third kappa shape index (κ3) is 2.80. The molecule has 0 spiro atoms. The van der Waals surface area contributed by atoms with Gasteiger partial charge in [-0.25, -0.2) is 10.8 Å². The lowest BCUT2D eigenvalue weighted by Gasteiger charge is -2.10. The lowest BCUT2D eigenvalue weighted by atomic mass is 10.1. The van der Waals surface area contributed by atoms with Crippen LogP contribution in [-0.4, -0.2) is 29.8 Å². The number of rotatable bonds is 4. The van der Waals surface area contributed by atoms with Crippen LogP contribution < -0.4 is 16.0 Å². The number of nitrogen functional groups attached to an aromatic ring is 1. The molecule has 0 radical (unpaired) electrons. The number of nitrogens with one attached hydrogen (secondary N) is 1. The first kappa shape index (κ1) is 11.1. The molecular weight excluding hydrogens is 208 g/mol. The molecule has 1 fully saturated rings. The molecular formula is C10H16N4O2. The molecule has 16 heavy (non-hydrogen) atoms. The molecule has 0 bridgehead atoms. The Kier molecular flexibility index (Phi) is 3.53. The average molecular weight is 224 g/mol. The summed E-state index contributed by atoms with van der Waals surface area (Å²) in [7, 11) is 0. The van der Waals surface area contributed by atoms with Gasteiger partial charge in [0, 0.05) is 18.6 Å². The Morgan fingerprint density at radius 1 is 1.62 bits per heavy atom. The number of aromatic nitrogens is 2. The second kappa shape index (κ2) is 5.09. The molecule has 0 aliphatic carbocycles. The van der Waals surface area contributed by atoms with Crippen LogP contribution in [0.5, 0.6) is 5.88 Å². The van der Waals surface area contributed by atoms with Gasteiger partial charge in [0.25, 0.3) is 0 Å². The number of nitrogens with zero attached hydrogens (tertiary/aromatic N) is 2. The topological polar surface area (TPSA) is 82.3 Å². The van der Waals surface area contributed by atoms with E-state index < -0.39 is 0 Å². The van der Waals surface area contributed by atoms with Crippen molar-refractivity contribution in [1.29, 1.82) is 0 Å². The van der Waals surface area contributed by atoms with Crippen LogP contribution in [0.4, 0.5) is 5.82 Å². The Balaban J connectivity index is 1.94. The van der Waals surface area contributed by atoms with Gasteiger partial charge in [-0.1, -0.05) is 0 Å². The standard InChI is InChI=1S/C10H16N4O2/c1-7-12-9(14-11)4-10(13-7)16-6-8-2-3-15-5-8/h4,8H,2-3,5-6,11H2,1H3,(H,12,13,14). The van der Waals surface area contributed by atoms with Crippen LogP contribution in [-0.2, 0) is 4.74 Å². The van der Waals surface area contributed by atoms with Crippen molar-refractivity contribution in [3.8, 4) is 5.88 Å². The highest BCUT2D eigenvalue weighted by molar-refractivity contribution is 5.36. The van der Waals surface area contributed by atoms with Crippen LogP contribution in [0.3, 0.4) is 0 Å². The molecule has 1 aliphatic heterocycles. The Morgan fingerprint density at radius 3 is 3.19 bits per heavy atom. The van der Waals surface area contributed by atoms with Gasteiger partial charge in [0.1, 0.15) is 11.6 Å². The van der Waals surface area contributed by atoms with E-state index in [1.54, 1.807) is 13.0 Å². The first-order chi connectivity index (χ1) is 7.78. The zero-order chi connectivity index (χ0) is 11.4. The zero-order valence-corrected chi connectivity index (χ0v) is 9.27. The Labute approximate surface area is 94.1 Å². The summed E-state index contributed by atoms with van der Waals surface area (Å²) in [5.41, 5.74) is 2.48. The zero-order valence-electron chi connectivity index (χ0n) is 9.27. The maximum atomic E-state index is 5.59. The first-order valence-electron chi connectivity index (χ1n) is 5.31. The van der Waals surface area contributed by atoms with Gasteiger partial charge < -0.3 is 14.9 Å². The molecule has 88 valence electrons. The van der Waals surface area contributed by atoms with E-state index >= 15 is 0 Å². The van der Waals surface area contributed by atoms with Crippen molar-refractivity contribution in [2.45, 2.75) is 13.3 Å². The highest BCUT2D eigenvalue weighted by Gasteiger charge is 2.16. The van der Waals surface area contributed by atoms with E-state index in [1.165, 1.54) is 0 Å². The van der Waals surface area contributed by atoms with Gasteiger partial charge in [-0.3, -0.25) is 0 Å². The van der Waals surface area contributed by atoms with E-state index in [9.17, 15) is 0 Å². The predicted octanol–water partition coefficient (Wildman–Crippen LogP) is 0.486. The summed E-state index contributed by atoms with van der Waals surface area (Å²) in [5.74, 6) is 7.49. The van der Waals surface area contributed by atoms with Crippen molar-refractivity contribution in [2.24, 2.45) is 11.8 Å². The molecule has 6 heteroatoms. The Bertz CT molecular complexity index is 353. The average Bonchev–Trinajstić information content (AvgIpc) is 2.78. The largest absolute Gasteiger partial charge is 0.477 e. The van der Waals surface area contributed by atoms with Crippen LogP contribution in [0.2, 0.25) is 0 Å². The second-order valence-electron chi connectivity index (χ2n) is 3.82. The van der Waals surface area contributed by atoms with Crippen molar-refractivity contribution in [2.75, 3.05) is 25.2 Å². The van der Waals surface area contributed by atoms with Gasteiger partial charge in [0.2, 0.25) is 5.88 Å². The minimum Gasteiger partial charge on any atom is -0.477 e. The number of ether oxygens (including phenoxy) is 2. The third-order valence-corrected chi connectivity index (χ3v) is 2.45. The molecule has 2 heterocycles. The van der Waals surface area contributed by atoms with Gasteiger partial charge in [0.05, 0.1) is 13.2 Å². The first-order valence-corrected chi connectivity index (χ1v) is 5.31. The lowest BCUT2D eigenvalue weighted by molar-refractivity contribution is 0.165. The van der Waals surface area contributed by atoms with Gasteiger partial charge in [-0.05, 0) is 13.3 Å². The molecule has 0 amide bonds. The number of hydrogen-bond donors (Lipinski definition) is 2.